The van der Waals surface area contributed by atoms with Crippen LogP contribution in [0.5, 0.6) is 0 Å². The molecule has 2 heterocycles. The Labute approximate surface area is 151 Å². The van der Waals surface area contributed by atoms with E-state index in [1.165, 1.54) is 5.56 Å². The number of nitrogens with zero attached hydrogens (tertiary/aromatic N) is 3. The lowest BCUT2D eigenvalue weighted by Gasteiger charge is -2.21. The molecule has 0 unspecified atom stereocenters. The molecule has 5 nitrogen and oxygen atoms in total. The summed E-state index contributed by atoms with van der Waals surface area (Å²) in [7, 11) is 1.78. The van der Waals surface area contributed by atoms with Gasteiger partial charge in [0.15, 0.2) is 5.69 Å². The van der Waals surface area contributed by atoms with Crippen molar-refractivity contribution in [1.29, 1.82) is 0 Å². The summed E-state index contributed by atoms with van der Waals surface area (Å²) in [5.41, 5.74) is 2.22. The summed E-state index contributed by atoms with van der Waals surface area (Å²) in [5.74, 6) is 0.534. The van der Waals surface area contributed by atoms with Gasteiger partial charge in [0.2, 0.25) is 0 Å². The van der Waals surface area contributed by atoms with Crippen molar-refractivity contribution in [2.24, 2.45) is 7.05 Å². The molecular formula is C19H20ClN3O2. The van der Waals surface area contributed by atoms with Crippen LogP contribution in [0, 0.1) is 6.92 Å². The van der Waals surface area contributed by atoms with E-state index >= 15 is 0 Å². The number of benzene rings is 1. The first kappa shape index (κ1) is 17.3. The molecule has 0 aliphatic carbocycles. The van der Waals surface area contributed by atoms with Gasteiger partial charge in [-0.3, -0.25) is 9.48 Å². The van der Waals surface area contributed by atoms with Gasteiger partial charge in [-0.2, -0.15) is 5.10 Å². The number of rotatable bonds is 6. The number of carbonyl (C=O) groups is 1. The molecule has 1 aromatic carbocycles. The third-order valence-electron chi connectivity index (χ3n) is 4.19. The Morgan fingerprint density at radius 1 is 1.24 bits per heavy atom. The van der Waals surface area contributed by atoms with Gasteiger partial charge in [-0.05, 0) is 31.0 Å². The van der Waals surface area contributed by atoms with Crippen LogP contribution >= 0.6 is 11.6 Å². The largest absolute Gasteiger partial charge is 0.467 e. The number of amides is 1. The number of hydrogen-bond donors (Lipinski definition) is 0. The van der Waals surface area contributed by atoms with Gasteiger partial charge in [0.05, 0.1) is 23.5 Å². The Bertz CT molecular complexity index is 841. The normalized spacial score (nSPS) is 10.8. The van der Waals surface area contributed by atoms with Crippen LogP contribution in [0.2, 0.25) is 5.02 Å². The lowest BCUT2D eigenvalue weighted by molar-refractivity contribution is 0.0727. The van der Waals surface area contributed by atoms with E-state index in [2.05, 4.69) is 5.10 Å². The summed E-state index contributed by atoms with van der Waals surface area (Å²) in [6.07, 6.45) is 2.35. The molecule has 6 heteroatoms. The quantitative estimate of drug-likeness (QED) is 0.673. The van der Waals surface area contributed by atoms with Crippen molar-refractivity contribution in [2.75, 3.05) is 6.54 Å². The van der Waals surface area contributed by atoms with E-state index in [1.807, 2.05) is 49.4 Å². The number of carbonyl (C=O) groups excluding carboxylic acids is 1. The fourth-order valence-electron chi connectivity index (χ4n) is 2.62. The standard InChI is InChI=1S/C19H20ClN3O2/c1-14-17(20)18(21-22(14)2)19(24)23(13-16-9-6-12-25-16)11-10-15-7-4-3-5-8-15/h3-9,12H,10-11,13H2,1-2H3. The Balaban J connectivity index is 1.82. The van der Waals surface area contributed by atoms with Gasteiger partial charge in [0.1, 0.15) is 5.76 Å². The van der Waals surface area contributed by atoms with Crippen LogP contribution in [0.1, 0.15) is 27.5 Å². The Morgan fingerprint density at radius 3 is 2.60 bits per heavy atom. The highest BCUT2D eigenvalue weighted by atomic mass is 35.5. The van der Waals surface area contributed by atoms with Crippen molar-refractivity contribution in [3.05, 3.63) is 76.5 Å². The maximum atomic E-state index is 13.0. The summed E-state index contributed by atoms with van der Waals surface area (Å²) in [5, 5.41) is 4.68. The zero-order chi connectivity index (χ0) is 17.8. The second kappa shape index (κ2) is 7.57. The Kier molecular flexibility index (Phi) is 5.24. The smallest absolute Gasteiger partial charge is 0.276 e. The Hall–Kier alpha value is -2.53. The van der Waals surface area contributed by atoms with Crippen molar-refractivity contribution < 1.29 is 9.21 Å². The molecule has 0 saturated carbocycles. The third kappa shape index (κ3) is 3.94. The lowest BCUT2D eigenvalue weighted by atomic mass is 10.1. The van der Waals surface area contributed by atoms with Gasteiger partial charge in [-0.1, -0.05) is 41.9 Å². The fourth-order valence-corrected chi connectivity index (χ4v) is 2.86. The summed E-state index contributed by atoms with van der Waals surface area (Å²) >= 11 is 6.30. The van der Waals surface area contributed by atoms with Gasteiger partial charge in [-0.25, -0.2) is 0 Å². The topological polar surface area (TPSA) is 51.3 Å². The zero-order valence-corrected chi connectivity index (χ0v) is 15.0. The van der Waals surface area contributed by atoms with Crippen molar-refractivity contribution in [1.82, 2.24) is 14.7 Å². The van der Waals surface area contributed by atoms with Crippen LogP contribution < -0.4 is 0 Å². The van der Waals surface area contributed by atoms with E-state index < -0.39 is 0 Å². The zero-order valence-electron chi connectivity index (χ0n) is 14.3. The highest BCUT2D eigenvalue weighted by Gasteiger charge is 2.24. The molecule has 1 amide bonds. The van der Waals surface area contributed by atoms with Crippen LogP contribution in [-0.4, -0.2) is 27.1 Å². The predicted octanol–water partition coefficient (Wildman–Crippen LogP) is 3.86. The fraction of sp³-hybridized carbons (Fsp3) is 0.263. The molecule has 0 N–H and O–H groups in total. The van der Waals surface area contributed by atoms with E-state index in [4.69, 9.17) is 16.0 Å². The van der Waals surface area contributed by atoms with Crippen LogP contribution in [0.15, 0.2) is 53.1 Å². The van der Waals surface area contributed by atoms with Crippen molar-refractivity contribution in [3.63, 3.8) is 0 Å². The highest BCUT2D eigenvalue weighted by molar-refractivity contribution is 6.34. The first-order chi connectivity index (χ1) is 12.1. The summed E-state index contributed by atoms with van der Waals surface area (Å²) in [6, 6.07) is 13.7. The molecule has 0 radical (unpaired) electrons. The van der Waals surface area contributed by atoms with E-state index in [0.717, 1.165) is 17.9 Å². The highest BCUT2D eigenvalue weighted by Crippen LogP contribution is 2.22. The van der Waals surface area contributed by atoms with Crippen LogP contribution in [0.4, 0.5) is 0 Å². The monoisotopic (exact) mass is 357 g/mol. The average Bonchev–Trinajstić information content (AvgIpc) is 3.23. The molecule has 0 atom stereocenters. The van der Waals surface area contributed by atoms with Gasteiger partial charge in [-0.15, -0.1) is 0 Å². The maximum Gasteiger partial charge on any atom is 0.276 e. The molecule has 2 aromatic heterocycles. The van der Waals surface area contributed by atoms with Crippen molar-refractivity contribution in [3.8, 4) is 0 Å². The summed E-state index contributed by atoms with van der Waals surface area (Å²) in [6.45, 7) is 2.77. The van der Waals surface area contributed by atoms with Crippen LogP contribution in [-0.2, 0) is 20.0 Å². The number of hydrogen-bond acceptors (Lipinski definition) is 3. The van der Waals surface area contributed by atoms with E-state index in [-0.39, 0.29) is 11.6 Å². The molecule has 130 valence electrons. The Morgan fingerprint density at radius 2 is 2.00 bits per heavy atom. The van der Waals surface area contributed by atoms with E-state index in [1.54, 1.807) is 22.9 Å². The molecule has 25 heavy (non-hydrogen) atoms. The third-order valence-corrected chi connectivity index (χ3v) is 4.64. The number of aromatic nitrogens is 2. The van der Waals surface area contributed by atoms with Crippen molar-refractivity contribution in [2.45, 2.75) is 19.9 Å². The molecule has 3 rings (SSSR count). The number of furan rings is 1. The molecule has 0 spiro atoms. The van der Waals surface area contributed by atoms with Gasteiger partial charge in [0, 0.05) is 13.6 Å². The molecular weight excluding hydrogens is 338 g/mol. The SMILES string of the molecule is Cc1c(Cl)c(C(=O)N(CCc2ccccc2)Cc2ccco2)nn1C. The first-order valence-electron chi connectivity index (χ1n) is 8.11. The van der Waals surface area contributed by atoms with Gasteiger partial charge in [0.25, 0.3) is 5.91 Å². The van der Waals surface area contributed by atoms with Gasteiger partial charge < -0.3 is 9.32 Å². The molecule has 0 fully saturated rings. The summed E-state index contributed by atoms with van der Waals surface area (Å²) < 4.78 is 7.03. The molecule has 0 aliphatic rings. The molecule has 3 aromatic rings. The number of aryl methyl sites for hydroxylation is 1. The van der Waals surface area contributed by atoms with Crippen molar-refractivity contribution >= 4 is 17.5 Å². The summed E-state index contributed by atoms with van der Waals surface area (Å²) in [4.78, 5) is 14.7. The predicted molar refractivity (Wildman–Crippen MR) is 96.5 cm³/mol. The minimum atomic E-state index is -0.193. The average molecular weight is 358 g/mol. The molecule has 0 aliphatic heterocycles. The lowest BCUT2D eigenvalue weighted by Crippen LogP contribution is -2.33. The molecule has 0 saturated heterocycles. The second-order valence-electron chi connectivity index (χ2n) is 5.91. The molecule has 0 bridgehead atoms. The van der Waals surface area contributed by atoms with Crippen LogP contribution in [0.25, 0.3) is 0 Å². The first-order valence-corrected chi connectivity index (χ1v) is 8.48. The van der Waals surface area contributed by atoms with Gasteiger partial charge >= 0.3 is 0 Å². The number of halogens is 1. The minimum absolute atomic E-state index is 0.193. The van der Waals surface area contributed by atoms with E-state index in [9.17, 15) is 4.79 Å². The van der Waals surface area contributed by atoms with Crippen LogP contribution in [0.3, 0.4) is 0 Å². The van der Waals surface area contributed by atoms with E-state index in [0.29, 0.717) is 18.1 Å². The minimum Gasteiger partial charge on any atom is -0.467 e. The maximum absolute atomic E-state index is 13.0. The second-order valence-corrected chi connectivity index (χ2v) is 6.29.